The molecular weight excluding hydrogens is 554 g/mol. The first kappa shape index (κ1) is 26.0. The van der Waals surface area contributed by atoms with Crippen molar-refractivity contribution in [2.45, 2.75) is 62.7 Å². The smallest absolute Gasteiger partial charge is 0.408 e. The average molecular weight is 585 g/mol. The lowest BCUT2D eigenvalue weighted by atomic mass is 9.73. The van der Waals surface area contributed by atoms with Crippen molar-refractivity contribution in [2.24, 2.45) is 5.41 Å². The Hall–Kier alpha value is -2.58. The largest absolute Gasteiger partial charge is 0.457 e. The molecule has 3 aromatic carbocycles. The molecule has 0 radical (unpaired) electrons. The van der Waals surface area contributed by atoms with Crippen LogP contribution >= 0.6 is 27.7 Å². The summed E-state index contributed by atoms with van der Waals surface area (Å²) in [5.74, 6) is -0.643. The second-order valence-corrected chi connectivity index (χ2v) is 13.5. The average Bonchev–Trinajstić information content (AvgIpc) is 3.55. The summed E-state index contributed by atoms with van der Waals surface area (Å²) in [6, 6.07) is 15.7. The van der Waals surface area contributed by atoms with Gasteiger partial charge >= 0.3 is 12.1 Å². The Bertz CT molecular complexity index is 1430. The third-order valence-electron chi connectivity index (χ3n) is 7.15. The number of halogens is 1. The number of rotatable bonds is 5. The molecule has 6 nitrogen and oxygen atoms in total. The van der Waals surface area contributed by atoms with Crippen LogP contribution in [0.2, 0.25) is 0 Å². The van der Waals surface area contributed by atoms with Gasteiger partial charge in [-0.3, -0.25) is 9.59 Å². The van der Waals surface area contributed by atoms with E-state index < -0.39 is 27.9 Å². The third kappa shape index (κ3) is 5.10. The number of hydrogen-bond donors (Lipinski definition) is 1. The molecule has 1 aliphatic heterocycles. The molecule has 3 aromatic rings. The van der Waals surface area contributed by atoms with Gasteiger partial charge < -0.3 is 14.8 Å². The van der Waals surface area contributed by atoms with Gasteiger partial charge in [-0.15, -0.1) is 11.8 Å². The van der Waals surface area contributed by atoms with Crippen molar-refractivity contribution in [3.63, 3.8) is 0 Å². The monoisotopic (exact) mass is 583 g/mol. The van der Waals surface area contributed by atoms with E-state index in [0.29, 0.717) is 12.0 Å². The fourth-order valence-corrected chi connectivity index (χ4v) is 7.35. The topological polar surface area (TPSA) is 81.7 Å². The zero-order valence-electron chi connectivity index (χ0n) is 21.4. The molecule has 2 fully saturated rings. The standard InChI is InChI=1S/C29H30BrNO5S/c1-27(2,3)36-26(34)31-29-13-5-12-28(4,24(29)37-29)25(33)35-16-23(32)19-8-10-21-17(14-19)6-7-18-15-20(30)9-11-22(18)21/h6-11,14-15,24H,5,12-13,16H2,1-4H3,(H,31,34)/t24?,28-,29+/m0/s1. The number of nitrogens with one attached hydrogen (secondary N) is 1. The molecule has 1 unspecified atom stereocenters. The molecule has 1 saturated heterocycles. The van der Waals surface area contributed by atoms with Crippen LogP contribution < -0.4 is 5.32 Å². The number of carbonyl (C=O) groups is 3. The molecule has 1 aliphatic carbocycles. The number of thioether (sulfide) groups is 1. The molecule has 0 aromatic heterocycles. The van der Waals surface area contributed by atoms with Crippen molar-refractivity contribution in [1.82, 2.24) is 5.32 Å². The number of alkyl carbamates (subject to hydrolysis) is 1. The van der Waals surface area contributed by atoms with E-state index in [9.17, 15) is 14.4 Å². The highest BCUT2D eigenvalue weighted by atomic mass is 79.9. The van der Waals surface area contributed by atoms with Gasteiger partial charge in [0.2, 0.25) is 0 Å². The number of fused-ring (bicyclic) bond motifs is 4. The number of esters is 1. The van der Waals surface area contributed by atoms with Crippen LogP contribution in [0.4, 0.5) is 4.79 Å². The molecule has 1 heterocycles. The Labute approximate surface area is 229 Å². The highest BCUT2D eigenvalue weighted by Crippen LogP contribution is 2.66. The molecule has 0 bridgehead atoms. The highest BCUT2D eigenvalue weighted by molar-refractivity contribution is 9.10. The van der Waals surface area contributed by atoms with Crippen LogP contribution in [-0.2, 0) is 14.3 Å². The number of benzene rings is 3. The normalized spacial score (nSPS) is 24.8. The first-order chi connectivity index (χ1) is 17.4. The summed E-state index contributed by atoms with van der Waals surface area (Å²) in [5, 5.41) is 7.12. The van der Waals surface area contributed by atoms with Crippen LogP contribution in [0.3, 0.4) is 0 Å². The second-order valence-electron chi connectivity index (χ2n) is 11.2. The number of ketones is 1. The van der Waals surface area contributed by atoms with Gasteiger partial charge in [-0.2, -0.15) is 0 Å². The van der Waals surface area contributed by atoms with Gasteiger partial charge in [-0.25, -0.2) is 4.79 Å². The number of carbonyl (C=O) groups excluding carboxylic acids is 3. The van der Waals surface area contributed by atoms with E-state index in [-0.39, 0.29) is 17.6 Å². The van der Waals surface area contributed by atoms with Gasteiger partial charge in [0.05, 0.1) is 10.7 Å². The van der Waals surface area contributed by atoms with Crippen LogP contribution in [-0.4, -0.2) is 40.2 Å². The van der Waals surface area contributed by atoms with E-state index >= 15 is 0 Å². The van der Waals surface area contributed by atoms with E-state index in [0.717, 1.165) is 38.9 Å². The molecule has 2 aliphatic rings. The minimum Gasteiger partial charge on any atom is -0.457 e. The van der Waals surface area contributed by atoms with E-state index in [1.54, 1.807) is 17.8 Å². The summed E-state index contributed by atoms with van der Waals surface area (Å²) in [5.41, 5.74) is -0.873. The molecule has 5 rings (SSSR count). The van der Waals surface area contributed by atoms with E-state index in [2.05, 4.69) is 33.4 Å². The van der Waals surface area contributed by atoms with Crippen molar-refractivity contribution >= 4 is 67.1 Å². The zero-order chi connectivity index (χ0) is 26.6. The Balaban J connectivity index is 1.25. The summed E-state index contributed by atoms with van der Waals surface area (Å²) in [6.45, 7) is 7.01. The van der Waals surface area contributed by atoms with Crippen LogP contribution in [0, 0.1) is 5.41 Å². The quantitative estimate of drug-likeness (QED) is 0.150. The van der Waals surface area contributed by atoms with Crippen LogP contribution in [0.5, 0.6) is 0 Å². The SMILES string of the molecule is CC(C)(C)OC(=O)N[C@@]12CCC[C@](C)(C(=O)OCC(=O)c3ccc4c(ccc5cc(Br)ccc54)c3)C1S2. The first-order valence-electron chi connectivity index (χ1n) is 12.4. The van der Waals surface area contributed by atoms with E-state index in [1.165, 1.54) is 0 Å². The number of amides is 1. The highest BCUT2D eigenvalue weighted by Gasteiger charge is 2.69. The molecule has 8 heteroatoms. The molecule has 3 atom stereocenters. The van der Waals surface area contributed by atoms with Crippen molar-refractivity contribution in [1.29, 1.82) is 0 Å². The minimum atomic E-state index is -0.783. The fraction of sp³-hybridized carbons (Fsp3) is 0.414. The first-order valence-corrected chi connectivity index (χ1v) is 14.1. The molecule has 1 amide bonds. The third-order valence-corrected chi connectivity index (χ3v) is 9.51. The summed E-state index contributed by atoms with van der Waals surface area (Å²) in [6.07, 6.45) is 1.71. The van der Waals surface area contributed by atoms with Crippen molar-refractivity contribution in [3.8, 4) is 0 Å². The van der Waals surface area contributed by atoms with E-state index in [4.69, 9.17) is 9.47 Å². The predicted molar refractivity (Wildman–Crippen MR) is 150 cm³/mol. The van der Waals surface area contributed by atoms with Gasteiger partial charge in [0.1, 0.15) is 10.5 Å². The Morgan fingerprint density at radius 1 is 1.03 bits per heavy atom. The Morgan fingerprint density at radius 3 is 2.41 bits per heavy atom. The molecule has 1 N–H and O–H groups in total. The maximum Gasteiger partial charge on any atom is 0.408 e. The van der Waals surface area contributed by atoms with Crippen LogP contribution in [0.1, 0.15) is 57.3 Å². The number of Topliss-reactive ketones (excluding diaryl/α,β-unsaturated/α-hetero) is 1. The molecule has 37 heavy (non-hydrogen) atoms. The summed E-state index contributed by atoms with van der Waals surface area (Å²) in [4.78, 5) is 38.0. The lowest BCUT2D eigenvalue weighted by Crippen LogP contribution is -2.50. The van der Waals surface area contributed by atoms with Crippen LogP contribution in [0.15, 0.2) is 53.0 Å². The maximum atomic E-state index is 13.2. The maximum absolute atomic E-state index is 13.2. The van der Waals surface area contributed by atoms with Gasteiger partial charge in [-0.1, -0.05) is 46.3 Å². The van der Waals surface area contributed by atoms with Crippen molar-refractivity contribution < 1.29 is 23.9 Å². The van der Waals surface area contributed by atoms with Gasteiger partial charge in [0.25, 0.3) is 0 Å². The van der Waals surface area contributed by atoms with Gasteiger partial charge in [0, 0.05) is 10.0 Å². The molecule has 194 valence electrons. The van der Waals surface area contributed by atoms with Crippen molar-refractivity contribution in [2.75, 3.05) is 6.61 Å². The van der Waals surface area contributed by atoms with Gasteiger partial charge in [0.15, 0.2) is 12.4 Å². The second kappa shape index (κ2) is 9.31. The van der Waals surface area contributed by atoms with Crippen LogP contribution in [0.25, 0.3) is 21.5 Å². The lowest BCUT2D eigenvalue weighted by molar-refractivity contribution is -0.155. The zero-order valence-corrected chi connectivity index (χ0v) is 23.8. The fourth-order valence-electron chi connectivity index (χ4n) is 5.30. The molecular formula is C29H30BrNO5S. The van der Waals surface area contributed by atoms with E-state index in [1.807, 2.05) is 58.0 Å². The number of ether oxygens (including phenoxy) is 2. The Morgan fingerprint density at radius 2 is 1.70 bits per heavy atom. The number of hydrogen-bond acceptors (Lipinski definition) is 6. The predicted octanol–water partition coefficient (Wildman–Crippen LogP) is 7.01. The Kier molecular flexibility index (Phi) is 6.55. The van der Waals surface area contributed by atoms with Crippen molar-refractivity contribution in [3.05, 3.63) is 58.6 Å². The summed E-state index contributed by atoms with van der Waals surface area (Å²) >= 11 is 5.08. The lowest BCUT2D eigenvalue weighted by Gasteiger charge is -2.34. The minimum absolute atomic E-state index is 0.113. The summed E-state index contributed by atoms with van der Waals surface area (Å²) < 4.78 is 12.0. The molecule has 1 saturated carbocycles. The molecule has 0 spiro atoms. The summed E-state index contributed by atoms with van der Waals surface area (Å²) in [7, 11) is 0. The van der Waals surface area contributed by atoms with Gasteiger partial charge in [-0.05, 0) is 86.7 Å².